The van der Waals surface area contributed by atoms with Crippen molar-refractivity contribution in [2.45, 2.75) is 19.3 Å². The SMILES string of the molecule is CC1(C)c2c(-c3cccc(-c4ccc(-c5nc(-c6ccccc6)cc(-c6cccc7ccccc67)n5)c5ccccc45)c3)cccc2-c2ccc3ccccc3c21. The molecule has 0 aliphatic heterocycles. The number of fused-ring (bicyclic) bond motifs is 7. The summed E-state index contributed by atoms with van der Waals surface area (Å²) >= 11 is 0. The van der Waals surface area contributed by atoms with Gasteiger partial charge >= 0.3 is 0 Å². The third kappa shape index (κ3) is 5.33. The monoisotopic (exact) mass is 726 g/mol. The van der Waals surface area contributed by atoms with Crippen LogP contribution in [0.2, 0.25) is 0 Å². The maximum atomic E-state index is 5.33. The van der Waals surface area contributed by atoms with Crippen LogP contribution < -0.4 is 0 Å². The normalized spacial score (nSPS) is 12.9. The summed E-state index contributed by atoms with van der Waals surface area (Å²) in [5.74, 6) is 0.713. The van der Waals surface area contributed by atoms with Crippen LogP contribution >= 0.6 is 0 Å². The minimum Gasteiger partial charge on any atom is -0.228 e. The fourth-order valence-electron chi connectivity index (χ4n) is 9.50. The summed E-state index contributed by atoms with van der Waals surface area (Å²) < 4.78 is 0. The first kappa shape index (κ1) is 33.2. The van der Waals surface area contributed by atoms with Crippen molar-refractivity contribution < 1.29 is 0 Å². The Bertz CT molecular complexity index is 3210. The molecule has 2 heteroatoms. The summed E-state index contributed by atoms with van der Waals surface area (Å²) in [5.41, 5.74) is 15.2. The van der Waals surface area contributed by atoms with E-state index >= 15 is 0 Å². The fourth-order valence-corrected chi connectivity index (χ4v) is 9.50. The van der Waals surface area contributed by atoms with Crippen molar-refractivity contribution in [1.29, 1.82) is 0 Å². The Morgan fingerprint density at radius 2 is 0.825 bits per heavy atom. The van der Waals surface area contributed by atoms with Gasteiger partial charge < -0.3 is 0 Å². The average molecular weight is 727 g/mol. The largest absolute Gasteiger partial charge is 0.228 e. The first-order chi connectivity index (χ1) is 28.0. The van der Waals surface area contributed by atoms with Gasteiger partial charge in [0.25, 0.3) is 0 Å². The molecule has 0 radical (unpaired) electrons. The lowest BCUT2D eigenvalue weighted by Crippen LogP contribution is -2.16. The zero-order valence-corrected chi connectivity index (χ0v) is 31.9. The lowest BCUT2D eigenvalue weighted by molar-refractivity contribution is 0.668. The summed E-state index contributed by atoms with van der Waals surface area (Å²) in [6.45, 7) is 4.79. The Hall–Kier alpha value is -7.16. The number of benzene rings is 9. The summed E-state index contributed by atoms with van der Waals surface area (Å²) in [6.07, 6.45) is 0. The van der Waals surface area contributed by atoms with E-state index in [1.165, 1.54) is 71.4 Å². The van der Waals surface area contributed by atoms with E-state index in [1.807, 2.05) is 6.07 Å². The van der Waals surface area contributed by atoms with E-state index in [2.05, 4.69) is 202 Å². The van der Waals surface area contributed by atoms with E-state index in [1.54, 1.807) is 0 Å². The molecule has 0 N–H and O–H groups in total. The second-order valence-electron chi connectivity index (χ2n) is 15.7. The Morgan fingerprint density at radius 3 is 1.63 bits per heavy atom. The smallest absolute Gasteiger partial charge is 0.161 e. The lowest BCUT2D eigenvalue weighted by Gasteiger charge is -2.26. The molecule has 1 heterocycles. The van der Waals surface area contributed by atoms with Crippen molar-refractivity contribution in [3.8, 4) is 67.3 Å². The summed E-state index contributed by atoms with van der Waals surface area (Å²) in [7, 11) is 0. The van der Waals surface area contributed by atoms with E-state index < -0.39 is 0 Å². The molecule has 0 unspecified atom stereocenters. The number of hydrogen-bond acceptors (Lipinski definition) is 2. The number of aromatic nitrogens is 2. The molecule has 2 nitrogen and oxygen atoms in total. The summed E-state index contributed by atoms with van der Waals surface area (Å²) in [4.78, 5) is 10.6. The van der Waals surface area contributed by atoms with Crippen molar-refractivity contribution in [3.05, 3.63) is 205 Å². The molecule has 0 saturated heterocycles. The molecule has 9 aromatic carbocycles. The van der Waals surface area contributed by atoms with Crippen LogP contribution in [0, 0.1) is 0 Å². The predicted octanol–water partition coefficient (Wildman–Crippen LogP) is 14.6. The van der Waals surface area contributed by atoms with Crippen LogP contribution in [0.3, 0.4) is 0 Å². The molecule has 1 aliphatic carbocycles. The highest BCUT2D eigenvalue weighted by Crippen LogP contribution is 2.54. The van der Waals surface area contributed by atoms with E-state index in [-0.39, 0.29) is 5.41 Å². The third-order valence-corrected chi connectivity index (χ3v) is 12.0. The predicted molar refractivity (Wildman–Crippen MR) is 239 cm³/mol. The van der Waals surface area contributed by atoms with E-state index in [0.717, 1.165) is 33.5 Å². The highest BCUT2D eigenvalue weighted by Gasteiger charge is 2.38. The second kappa shape index (κ2) is 13.0. The van der Waals surface area contributed by atoms with Crippen LogP contribution in [0.15, 0.2) is 194 Å². The third-order valence-electron chi connectivity index (χ3n) is 12.0. The van der Waals surface area contributed by atoms with Gasteiger partial charge in [0.15, 0.2) is 5.82 Å². The zero-order valence-electron chi connectivity index (χ0n) is 31.9. The summed E-state index contributed by atoms with van der Waals surface area (Å²) in [5, 5.41) is 7.29. The van der Waals surface area contributed by atoms with Crippen molar-refractivity contribution in [1.82, 2.24) is 9.97 Å². The second-order valence-corrected chi connectivity index (χ2v) is 15.7. The van der Waals surface area contributed by atoms with Crippen molar-refractivity contribution >= 4 is 32.3 Å². The van der Waals surface area contributed by atoms with E-state index in [4.69, 9.17) is 9.97 Å². The lowest BCUT2D eigenvalue weighted by atomic mass is 9.77. The van der Waals surface area contributed by atoms with Crippen molar-refractivity contribution in [2.24, 2.45) is 0 Å². The fraction of sp³-hybridized carbons (Fsp3) is 0.0545. The molecule has 1 aliphatic rings. The minimum atomic E-state index is -0.161. The quantitative estimate of drug-likeness (QED) is 0.176. The number of hydrogen-bond donors (Lipinski definition) is 0. The highest BCUT2D eigenvalue weighted by molar-refractivity contribution is 6.05. The molecular weight excluding hydrogens is 689 g/mol. The standard InChI is InChI=1S/C55H38N2/c1-55(2)52-42-23-9-7-16-36(42)29-30-48(52)47-28-14-26-43(53(47)55)39-21-12-20-38(33-39)41-31-32-49(45-25-11-10-24-44(41)45)54-56-50(37-17-4-3-5-18-37)34-51(57-54)46-27-13-19-35-15-6-8-22-40(35)46/h3-34H,1-2H3. The van der Waals surface area contributed by atoms with Gasteiger partial charge in [0.1, 0.15) is 0 Å². The van der Waals surface area contributed by atoms with Gasteiger partial charge in [-0.05, 0) is 95.0 Å². The molecule has 268 valence electrons. The minimum absolute atomic E-state index is 0.161. The summed E-state index contributed by atoms with van der Waals surface area (Å²) in [6, 6.07) is 70.0. The van der Waals surface area contributed by atoms with E-state index in [0.29, 0.717) is 5.82 Å². The van der Waals surface area contributed by atoms with Crippen molar-refractivity contribution in [3.63, 3.8) is 0 Å². The molecule has 0 amide bonds. The van der Waals surface area contributed by atoms with Gasteiger partial charge in [-0.25, -0.2) is 9.97 Å². The Morgan fingerprint density at radius 1 is 0.316 bits per heavy atom. The van der Waals surface area contributed by atoms with Crippen LogP contribution in [0.5, 0.6) is 0 Å². The Balaban J connectivity index is 1.06. The molecule has 0 saturated carbocycles. The van der Waals surface area contributed by atoms with Gasteiger partial charge in [-0.1, -0.05) is 190 Å². The Labute approximate surface area is 332 Å². The van der Waals surface area contributed by atoms with Gasteiger partial charge in [0, 0.05) is 22.1 Å². The van der Waals surface area contributed by atoms with Gasteiger partial charge in [0.05, 0.1) is 11.4 Å². The first-order valence-electron chi connectivity index (χ1n) is 19.7. The Kier molecular flexibility index (Phi) is 7.55. The molecule has 11 rings (SSSR count). The van der Waals surface area contributed by atoms with Crippen LogP contribution in [-0.4, -0.2) is 9.97 Å². The molecule has 1 aromatic heterocycles. The molecule has 0 fully saturated rings. The average Bonchev–Trinajstić information content (AvgIpc) is 3.52. The van der Waals surface area contributed by atoms with Crippen LogP contribution in [0.25, 0.3) is 99.6 Å². The van der Waals surface area contributed by atoms with Gasteiger partial charge in [-0.15, -0.1) is 0 Å². The molecule has 57 heavy (non-hydrogen) atoms. The highest BCUT2D eigenvalue weighted by atomic mass is 14.9. The van der Waals surface area contributed by atoms with Crippen LogP contribution in [0.4, 0.5) is 0 Å². The molecular formula is C55H38N2. The van der Waals surface area contributed by atoms with Gasteiger partial charge in [0.2, 0.25) is 0 Å². The topological polar surface area (TPSA) is 25.8 Å². The van der Waals surface area contributed by atoms with Gasteiger partial charge in [-0.3, -0.25) is 0 Å². The van der Waals surface area contributed by atoms with Crippen molar-refractivity contribution in [2.75, 3.05) is 0 Å². The number of rotatable bonds is 5. The molecule has 0 spiro atoms. The molecule has 0 atom stereocenters. The van der Waals surface area contributed by atoms with Gasteiger partial charge in [-0.2, -0.15) is 0 Å². The maximum Gasteiger partial charge on any atom is 0.161 e. The van der Waals surface area contributed by atoms with Crippen LogP contribution in [0.1, 0.15) is 25.0 Å². The van der Waals surface area contributed by atoms with E-state index in [9.17, 15) is 0 Å². The molecule has 10 aromatic rings. The maximum absolute atomic E-state index is 5.33. The number of nitrogens with zero attached hydrogens (tertiary/aromatic N) is 2. The zero-order chi connectivity index (χ0) is 38.1. The molecule has 0 bridgehead atoms. The van der Waals surface area contributed by atoms with Crippen LogP contribution in [-0.2, 0) is 5.41 Å². The first-order valence-corrected chi connectivity index (χ1v) is 19.7.